The maximum absolute atomic E-state index is 11.6. The predicted molar refractivity (Wildman–Crippen MR) is 106 cm³/mol. The van der Waals surface area contributed by atoms with E-state index in [1.165, 1.54) is 27.8 Å². The van der Waals surface area contributed by atoms with Gasteiger partial charge in [0, 0.05) is 12.5 Å². The van der Waals surface area contributed by atoms with Crippen molar-refractivity contribution < 1.29 is 9.53 Å². The van der Waals surface area contributed by atoms with E-state index in [4.69, 9.17) is 4.74 Å². The highest BCUT2D eigenvalue weighted by molar-refractivity contribution is 5.67. The average molecular weight is 351 g/mol. The maximum Gasteiger partial charge on any atom is 0.407 e. The first-order chi connectivity index (χ1) is 12.7. The van der Waals surface area contributed by atoms with E-state index in [0.717, 1.165) is 32.1 Å². The van der Waals surface area contributed by atoms with Crippen molar-refractivity contribution in [2.45, 2.75) is 51.9 Å². The molecule has 1 unspecified atom stereocenters. The molecule has 3 rings (SSSR count). The van der Waals surface area contributed by atoms with Gasteiger partial charge in [0.15, 0.2) is 0 Å². The second-order valence-corrected chi connectivity index (χ2v) is 7.10. The fraction of sp³-hybridized carbons (Fsp3) is 0.435. The highest BCUT2D eigenvalue weighted by Gasteiger charge is 2.23. The Bertz CT molecular complexity index is 754. The summed E-state index contributed by atoms with van der Waals surface area (Å²) in [5.41, 5.74) is 7.27. The number of aryl methyl sites for hydroxylation is 2. The zero-order valence-corrected chi connectivity index (χ0v) is 15.9. The van der Waals surface area contributed by atoms with E-state index in [9.17, 15) is 4.79 Å². The normalized spacial score (nSPS) is 15.5. The van der Waals surface area contributed by atoms with Crippen molar-refractivity contribution in [3.63, 3.8) is 0 Å². The number of hydrogen-bond donors (Lipinski definition) is 1. The Balaban J connectivity index is 1.73. The first-order valence-electron chi connectivity index (χ1n) is 9.77. The number of benzene rings is 2. The summed E-state index contributed by atoms with van der Waals surface area (Å²) >= 11 is 0. The van der Waals surface area contributed by atoms with Gasteiger partial charge in [-0.25, -0.2) is 4.79 Å². The van der Waals surface area contributed by atoms with Crippen LogP contribution < -0.4 is 5.32 Å². The molecule has 1 aliphatic rings. The third-order valence-corrected chi connectivity index (χ3v) is 5.27. The molecule has 0 saturated heterocycles. The molecule has 0 saturated carbocycles. The van der Waals surface area contributed by atoms with Crippen LogP contribution in [0.1, 0.15) is 59.9 Å². The van der Waals surface area contributed by atoms with Gasteiger partial charge in [-0.3, -0.25) is 0 Å². The first-order valence-corrected chi connectivity index (χ1v) is 9.77. The van der Waals surface area contributed by atoms with Crippen LogP contribution in [-0.2, 0) is 17.6 Å². The molecule has 0 bridgehead atoms. The van der Waals surface area contributed by atoms with Gasteiger partial charge in [0.05, 0.1) is 6.61 Å². The average Bonchev–Trinajstić information content (AvgIpc) is 2.81. The highest BCUT2D eigenvalue weighted by atomic mass is 16.5. The van der Waals surface area contributed by atoms with Crippen molar-refractivity contribution in [2.75, 3.05) is 13.2 Å². The smallest absolute Gasteiger partial charge is 0.407 e. The number of rotatable bonds is 6. The molecule has 1 atom stereocenters. The Morgan fingerprint density at radius 2 is 1.92 bits per heavy atom. The number of nitrogens with one attached hydrogen (secondary N) is 1. The Morgan fingerprint density at radius 1 is 1.12 bits per heavy atom. The monoisotopic (exact) mass is 351 g/mol. The van der Waals surface area contributed by atoms with Crippen LogP contribution in [0, 0.1) is 6.92 Å². The molecule has 0 radical (unpaired) electrons. The molecule has 2 aromatic rings. The van der Waals surface area contributed by atoms with Crippen molar-refractivity contribution >= 4 is 6.09 Å². The van der Waals surface area contributed by atoms with Crippen LogP contribution in [0.2, 0.25) is 0 Å². The number of amides is 1. The van der Waals surface area contributed by atoms with Crippen molar-refractivity contribution in [1.82, 2.24) is 5.32 Å². The van der Waals surface area contributed by atoms with Crippen molar-refractivity contribution in [3.05, 3.63) is 70.3 Å². The Kier molecular flexibility index (Phi) is 6.32. The van der Waals surface area contributed by atoms with Gasteiger partial charge < -0.3 is 10.1 Å². The molecule has 1 amide bonds. The SMILES string of the molecule is CCCOC(=O)NCCCC1c2ccccc2CCc2c(C)cccc21. The van der Waals surface area contributed by atoms with Crippen LogP contribution in [0.15, 0.2) is 42.5 Å². The molecule has 3 heteroatoms. The van der Waals surface area contributed by atoms with Crippen molar-refractivity contribution in [1.29, 1.82) is 0 Å². The number of fused-ring (bicyclic) bond motifs is 2. The second kappa shape index (κ2) is 8.88. The topological polar surface area (TPSA) is 38.3 Å². The summed E-state index contributed by atoms with van der Waals surface area (Å²) in [5, 5.41) is 2.87. The van der Waals surface area contributed by atoms with Crippen LogP contribution in [0.5, 0.6) is 0 Å². The molecule has 1 N–H and O–H groups in total. The number of ether oxygens (including phenoxy) is 1. The Morgan fingerprint density at radius 3 is 2.77 bits per heavy atom. The predicted octanol–water partition coefficient (Wildman–Crippen LogP) is 5.14. The summed E-state index contributed by atoms with van der Waals surface area (Å²) < 4.78 is 5.08. The summed E-state index contributed by atoms with van der Waals surface area (Å²) in [6.07, 6.45) is 4.73. The zero-order chi connectivity index (χ0) is 18.4. The zero-order valence-electron chi connectivity index (χ0n) is 15.9. The van der Waals surface area contributed by atoms with Gasteiger partial charge in [0.2, 0.25) is 0 Å². The molecule has 138 valence electrons. The lowest BCUT2D eigenvalue weighted by Gasteiger charge is -2.21. The highest BCUT2D eigenvalue weighted by Crippen LogP contribution is 2.38. The molecule has 1 aliphatic carbocycles. The summed E-state index contributed by atoms with van der Waals surface area (Å²) in [7, 11) is 0. The van der Waals surface area contributed by atoms with E-state index in [0.29, 0.717) is 19.1 Å². The van der Waals surface area contributed by atoms with E-state index < -0.39 is 0 Å². The fourth-order valence-electron chi connectivity index (χ4n) is 3.98. The van der Waals surface area contributed by atoms with E-state index in [1.807, 2.05) is 6.92 Å². The molecule has 0 aromatic heterocycles. The van der Waals surface area contributed by atoms with Crippen molar-refractivity contribution in [2.24, 2.45) is 0 Å². The Labute approximate surface area is 156 Å². The molecule has 0 fully saturated rings. The maximum atomic E-state index is 11.6. The lowest BCUT2D eigenvalue weighted by Crippen LogP contribution is -2.26. The number of hydrogen-bond acceptors (Lipinski definition) is 2. The lowest BCUT2D eigenvalue weighted by atomic mass is 9.84. The first kappa shape index (κ1) is 18.5. The van der Waals surface area contributed by atoms with Gasteiger partial charge in [0.25, 0.3) is 0 Å². The van der Waals surface area contributed by atoms with E-state index in [-0.39, 0.29) is 6.09 Å². The number of carbonyl (C=O) groups excluding carboxylic acids is 1. The van der Waals surface area contributed by atoms with Gasteiger partial charge in [-0.05, 0) is 66.8 Å². The standard InChI is InChI=1S/C23H29NO2/c1-3-16-26-23(25)24-15-7-12-22-20-10-5-4-9-18(20)13-14-19-17(2)8-6-11-21(19)22/h4-6,8-11,22H,3,7,12-16H2,1-2H3,(H,24,25). The summed E-state index contributed by atoms with van der Waals surface area (Å²) in [4.78, 5) is 11.6. The molecule has 26 heavy (non-hydrogen) atoms. The van der Waals surface area contributed by atoms with Crippen LogP contribution >= 0.6 is 0 Å². The van der Waals surface area contributed by atoms with Crippen LogP contribution in [0.4, 0.5) is 4.79 Å². The van der Waals surface area contributed by atoms with Gasteiger partial charge in [-0.1, -0.05) is 49.4 Å². The van der Waals surface area contributed by atoms with Crippen molar-refractivity contribution in [3.8, 4) is 0 Å². The quantitative estimate of drug-likeness (QED) is 0.732. The van der Waals surface area contributed by atoms with Gasteiger partial charge in [-0.2, -0.15) is 0 Å². The molecule has 0 spiro atoms. The minimum absolute atomic E-state index is 0.302. The molecule has 0 heterocycles. The third-order valence-electron chi connectivity index (χ3n) is 5.27. The molecule has 0 aliphatic heterocycles. The van der Waals surface area contributed by atoms with Gasteiger partial charge in [-0.15, -0.1) is 0 Å². The fourth-order valence-corrected chi connectivity index (χ4v) is 3.98. The molecular weight excluding hydrogens is 322 g/mol. The Hall–Kier alpha value is -2.29. The summed E-state index contributed by atoms with van der Waals surface area (Å²) in [6.45, 7) is 5.35. The van der Waals surface area contributed by atoms with E-state index in [1.54, 1.807) is 0 Å². The van der Waals surface area contributed by atoms with Gasteiger partial charge in [0.1, 0.15) is 0 Å². The molecule has 3 nitrogen and oxygen atoms in total. The van der Waals surface area contributed by atoms with Gasteiger partial charge >= 0.3 is 6.09 Å². The van der Waals surface area contributed by atoms with Crippen LogP contribution in [-0.4, -0.2) is 19.2 Å². The minimum atomic E-state index is -0.302. The van der Waals surface area contributed by atoms with E-state index in [2.05, 4.69) is 54.7 Å². The number of alkyl carbamates (subject to hydrolysis) is 1. The third kappa shape index (κ3) is 4.27. The minimum Gasteiger partial charge on any atom is -0.450 e. The molecule has 2 aromatic carbocycles. The lowest BCUT2D eigenvalue weighted by molar-refractivity contribution is 0.146. The van der Waals surface area contributed by atoms with Crippen LogP contribution in [0.3, 0.4) is 0 Å². The summed E-state index contributed by atoms with van der Waals surface area (Å²) in [5.74, 6) is 0.400. The largest absolute Gasteiger partial charge is 0.450 e. The number of carbonyl (C=O) groups is 1. The van der Waals surface area contributed by atoms with Crippen LogP contribution in [0.25, 0.3) is 0 Å². The second-order valence-electron chi connectivity index (χ2n) is 7.10. The molecular formula is C23H29NO2. The van der Waals surface area contributed by atoms with E-state index >= 15 is 0 Å². The summed E-state index contributed by atoms with van der Waals surface area (Å²) in [6, 6.07) is 15.5.